The third kappa shape index (κ3) is 5.28. The lowest BCUT2D eigenvalue weighted by Gasteiger charge is -2.31. The Morgan fingerprint density at radius 2 is 1.53 bits per heavy atom. The molecule has 2 saturated carbocycles. The Bertz CT molecular complexity index is 1630. The average Bonchev–Trinajstić information content (AvgIpc) is 3.69. The molecule has 43 heavy (non-hydrogen) atoms. The third-order valence-electron chi connectivity index (χ3n) is 8.53. The molecule has 3 aliphatic rings. The lowest BCUT2D eigenvalue weighted by Crippen LogP contribution is -2.52. The van der Waals surface area contributed by atoms with Crippen molar-refractivity contribution in [2.75, 3.05) is 13.7 Å². The summed E-state index contributed by atoms with van der Waals surface area (Å²) in [5, 5.41) is 2.08. The van der Waals surface area contributed by atoms with Crippen molar-refractivity contribution in [1.29, 1.82) is 0 Å². The topological polar surface area (TPSA) is 110 Å². The van der Waals surface area contributed by atoms with Crippen LogP contribution in [0.25, 0.3) is 0 Å². The Balaban J connectivity index is 1.24. The molecule has 1 aliphatic heterocycles. The number of nitrogens with zero attached hydrogens (tertiary/aromatic N) is 2. The van der Waals surface area contributed by atoms with Crippen molar-refractivity contribution < 1.29 is 33.4 Å². The van der Waals surface area contributed by atoms with Gasteiger partial charge in [-0.25, -0.2) is 9.80 Å². The maximum Gasteiger partial charge on any atom is 0.343 e. The predicted octanol–water partition coefficient (Wildman–Crippen LogP) is 5.49. The Kier molecular flexibility index (Phi) is 7.70. The molecule has 4 atom stereocenters. The lowest BCUT2D eigenvalue weighted by atomic mass is 9.81. The molecule has 2 aliphatic carbocycles. The quantitative estimate of drug-likeness (QED) is 0.142. The summed E-state index contributed by atoms with van der Waals surface area (Å²) < 4.78 is 10.6. The molecule has 0 spiro atoms. The zero-order valence-electron chi connectivity index (χ0n) is 23.0. The molecule has 1 saturated heterocycles. The number of hydrogen-bond acceptors (Lipinski definition) is 7. The number of carbonyl (C=O) groups is 5. The van der Waals surface area contributed by atoms with Gasteiger partial charge < -0.3 is 9.47 Å². The summed E-state index contributed by atoms with van der Waals surface area (Å²) in [6.45, 7) is -0.590. The van der Waals surface area contributed by atoms with Crippen LogP contribution in [0.15, 0.2) is 66.7 Å². The average molecular weight is 621 g/mol. The molecule has 3 fully saturated rings. The number of hydrogen-bond donors (Lipinski definition) is 0. The van der Waals surface area contributed by atoms with E-state index >= 15 is 0 Å². The van der Waals surface area contributed by atoms with E-state index in [-0.39, 0.29) is 39.3 Å². The summed E-state index contributed by atoms with van der Waals surface area (Å²) in [5.74, 6) is -2.95. The Hall–Kier alpha value is -4.21. The number of hydrazine groups is 1. The number of ketones is 1. The summed E-state index contributed by atoms with van der Waals surface area (Å²) in [6.07, 6.45) is 2.55. The minimum absolute atomic E-state index is 0.000647. The Labute approximate surface area is 257 Å². The summed E-state index contributed by atoms with van der Waals surface area (Å²) in [4.78, 5) is 67.1. The molecule has 2 bridgehead atoms. The van der Waals surface area contributed by atoms with Gasteiger partial charge in [0.2, 0.25) is 0 Å². The molecule has 6 rings (SSSR count). The molecular formula is C32H26Cl2N2O7. The molecule has 220 valence electrons. The van der Waals surface area contributed by atoms with Crippen molar-refractivity contribution in [3.05, 3.63) is 93.5 Å². The predicted molar refractivity (Wildman–Crippen MR) is 156 cm³/mol. The van der Waals surface area contributed by atoms with Gasteiger partial charge in [0.05, 0.1) is 35.1 Å². The number of halogens is 2. The molecule has 3 amide bonds. The van der Waals surface area contributed by atoms with E-state index in [9.17, 15) is 24.0 Å². The second kappa shape index (κ2) is 11.5. The Morgan fingerprint density at radius 3 is 2.16 bits per heavy atom. The van der Waals surface area contributed by atoms with E-state index in [1.54, 1.807) is 24.3 Å². The lowest BCUT2D eigenvalue weighted by molar-refractivity contribution is -0.155. The van der Waals surface area contributed by atoms with Crippen LogP contribution in [-0.2, 0) is 9.59 Å². The van der Waals surface area contributed by atoms with Gasteiger partial charge >= 0.3 is 5.97 Å². The molecule has 0 radical (unpaired) electrons. The van der Waals surface area contributed by atoms with E-state index < -0.39 is 47.9 Å². The van der Waals surface area contributed by atoms with Crippen molar-refractivity contribution in [1.82, 2.24) is 10.0 Å². The fraction of sp³-hybridized carbons (Fsp3) is 0.281. The maximum atomic E-state index is 13.8. The highest BCUT2D eigenvalue weighted by Gasteiger charge is 2.62. The summed E-state index contributed by atoms with van der Waals surface area (Å²) >= 11 is 12.3. The van der Waals surface area contributed by atoms with Gasteiger partial charge in [-0.1, -0.05) is 29.3 Å². The first-order valence-corrected chi connectivity index (χ1v) is 14.6. The second-order valence-corrected chi connectivity index (χ2v) is 11.8. The van der Waals surface area contributed by atoms with Crippen LogP contribution in [-0.4, -0.2) is 53.1 Å². The summed E-state index contributed by atoms with van der Waals surface area (Å²) in [5.41, 5.74) is 0.465. The van der Waals surface area contributed by atoms with Gasteiger partial charge in [-0.3, -0.25) is 19.2 Å². The first-order chi connectivity index (χ1) is 20.7. The van der Waals surface area contributed by atoms with Crippen LogP contribution in [0.3, 0.4) is 0 Å². The summed E-state index contributed by atoms with van der Waals surface area (Å²) in [6, 6.07) is 16.5. The van der Waals surface area contributed by atoms with E-state index in [2.05, 4.69) is 0 Å². The van der Waals surface area contributed by atoms with Gasteiger partial charge in [-0.2, -0.15) is 5.01 Å². The molecular weight excluding hydrogens is 595 g/mol. The number of Topliss-reactive ketones (excluding diaryl/α,β-unsaturated/α-hetero) is 1. The van der Waals surface area contributed by atoms with Crippen LogP contribution in [0.4, 0.5) is 0 Å². The van der Waals surface area contributed by atoms with E-state index in [0.29, 0.717) is 10.8 Å². The van der Waals surface area contributed by atoms with Crippen molar-refractivity contribution in [3.8, 4) is 11.5 Å². The van der Waals surface area contributed by atoms with Crippen molar-refractivity contribution in [2.24, 2.45) is 23.7 Å². The minimum Gasteiger partial charge on any atom is -0.497 e. The monoisotopic (exact) mass is 620 g/mol. The van der Waals surface area contributed by atoms with Crippen molar-refractivity contribution >= 4 is 52.7 Å². The van der Waals surface area contributed by atoms with Gasteiger partial charge in [-0.05, 0) is 91.8 Å². The molecule has 1 heterocycles. The van der Waals surface area contributed by atoms with Crippen LogP contribution in [0.5, 0.6) is 11.5 Å². The van der Waals surface area contributed by atoms with Crippen molar-refractivity contribution in [2.45, 2.75) is 19.3 Å². The maximum absolute atomic E-state index is 13.8. The van der Waals surface area contributed by atoms with Gasteiger partial charge in [-0.15, -0.1) is 0 Å². The molecule has 11 heteroatoms. The smallest absolute Gasteiger partial charge is 0.343 e. The molecule has 0 aromatic heterocycles. The number of amides is 3. The second-order valence-electron chi connectivity index (χ2n) is 10.9. The number of benzene rings is 3. The SMILES string of the molecule is COc1cccc(C(=O)Oc2ccc(C(=O)CN(C(=O)c3ccc(Cl)cc3Cl)N3C(=O)[C@H]4[C@H]5CC[C@@H](C5)[C@@H]4C3=O)cc2)c1. The highest BCUT2D eigenvalue weighted by atomic mass is 35.5. The number of fused-ring (bicyclic) bond motifs is 5. The van der Waals surface area contributed by atoms with Gasteiger partial charge in [0.25, 0.3) is 17.7 Å². The Morgan fingerprint density at radius 1 is 0.860 bits per heavy atom. The van der Waals surface area contributed by atoms with Gasteiger partial charge in [0, 0.05) is 10.6 Å². The zero-order chi connectivity index (χ0) is 30.4. The van der Waals surface area contributed by atoms with Crippen LogP contribution < -0.4 is 9.47 Å². The number of imide groups is 1. The molecule has 9 nitrogen and oxygen atoms in total. The van der Waals surface area contributed by atoms with E-state index in [0.717, 1.165) is 29.3 Å². The van der Waals surface area contributed by atoms with E-state index in [1.807, 2.05) is 0 Å². The number of esters is 1. The zero-order valence-corrected chi connectivity index (χ0v) is 24.5. The molecule has 3 aromatic rings. The fourth-order valence-electron chi connectivity index (χ4n) is 6.52. The molecule has 3 aromatic carbocycles. The summed E-state index contributed by atoms with van der Waals surface area (Å²) in [7, 11) is 1.49. The first-order valence-electron chi connectivity index (χ1n) is 13.8. The minimum atomic E-state index is -0.770. The number of ether oxygens (including phenoxy) is 2. The highest BCUT2D eigenvalue weighted by molar-refractivity contribution is 6.36. The number of carbonyl (C=O) groups excluding carboxylic acids is 5. The molecule has 0 N–H and O–H groups in total. The molecule has 0 unspecified atom stereocenters. The largest absolute Gasteiger partial charge is 0.497 e. The van der Waals surface area contributed by atoms with E-state index in [1.165, 1.54) is 49.6 Å². The van der Waals surface area contributed by atoms with Gasteiger partial charge in [0.15, 0.2) is 5.78 Å². The number of rotatable bonds is 8. The highest BCUT2D eigenvalue weighted by Crippen LogP contribution is 2.56. The van der Waals surface area contributed by atoms with Crippen LogP contribution >= 0.6 is 23.2 Å². The fourth-order valence-corrected chi connectivity index (χ4v) is 7.01. The van der Waals surface area contributed by atoms with Crippen molar-refractivity contribution in [3.63, 3.8) is 0 Å². The van der Waals surface area contributed by atoms with Crippen LogP contribution in [0.2, 0.25) is 10.0 Å². The van der Waals surface area contributed by atoms with E-state index in [4.69, 9.17) is 32.7 Å². The van der Waals surface area contributed by atoms with Crippen LogP contribution in [0, 0.1) is 23.7 Å². The van der Waals surface area contributed by atoms with Crippen LogP contribution in [0.1, 0.15) is 50.3 Å². The normalized spacial score (nSPS) is 22.0. The first kappa shape index (κ1) is 28.9. The standard InChI is InChI=1S/C32H26Cl2N2O7/c1-42-23-4-2-3-20(14-23)32(41)43-22-10-7-17(8-11-22)26(37)16-35(29(38)24-12-9-21(33)15-25(24)34)36-30(39)27-18-5-6-19(13-18)28(27)31(36)40/h2-4,7-12,14-15,18-19,27-28H,5-6,13,16H2,1H3/t18-,19-,27-,28-/m0/s1. The van der Waals surface area contributed by atoms with Gasteiger partial charge in [0.1, 0.15) is 18.0 Å². The number of methoxy groups -OCH3 is 1. The third-order valence-corrected chi connectivity index (χ3v) is 9.08.